The van der Waals surface area contributed by atoms with Crippen LogP contribution in [0, 0.1) is 0 Å². The highest BCUT2D eigenvalue weighted by atomic mass is 127. The van der Waals surface area contributed by atoms with Gasteiger partial charge in [-0.05, 0) is 56.3 Å². The van der Waals surface area contributed by atoms with Crippen LogP contribution in [0.15, 0.2) is 23.2 Å². The van der Waals surface area contributed by atoms with E-state index in [0.29, 0.717) is 6.04 Å². The van der Waals surface area contributed by atoms with Gasteiger partial charge in [0.1, 0.15) is 5.75 Å². The molecule has 0 atom stereocenters. The van der Waals surface area contributed by atoms with Gasteiger partial charge in [0.2, 0.25) is 0 Å². The molecule has 0 saturated carbocycles. The fourth-order valence-corrected chi connectivity index (χ4v) is 3.82. The highest BCUT2D eigenvalue weighted by Gasteiger charge is 2.19. The second-order valence-electron chi connectivity index (χ2n) is 7.31. The summed E-state index contributed by atoms with van der Waals surface area (Å²) < 4.78 is 5.58. The molecule has 2 aliphatic rings. The Kier molecular flexibility index (Phi) is 9.68. The number of nitrogens with zero attached hydrogens (tertiary/aromatic N) is 2. The fraction of sp³-hybridized carbons (Fsp3) is 0.667. The lowest BCUT2D eigenvalue weighted by Crippen LogP contribution is -2.48. The first-order valence-electron chi connectivity index (χ1n) is 10.3. The minimum atomic E-state index is 0. The highest BCUT2D eigenvalue weighted by Crippen LogP contribution is 2.25. The Morgan fingerprint density at radius 3 is 2.81 bits per heavy atom. The number of hydrogen-bond donors (Lipinski definition) is 2. The Labute approximate surface area is 181 Å². The van der Waals surface area contributed by atoms with Gasteiger partial charge < -0.3 is 20.3 Å². The number of aliphatic imine (C=N–C) groups is 1. The summed E-state index contributed by atoms with van der Waals surface area (Å²) in [6.45, 7) is 10.5. The van der Waals surface area contributed by atoms with Crippen LogP contribution in [0.3, 0.4) is 0 Å². The van der Waals surface area contributed by atoms with Crippen LogP contribution >= 0.6 is 24.0 Å². The summed E-state index contributed by atoms with van der Waals surface area (Å²) in [6.07, 6.45) is 5.66. The maximum Gasteiger partial charge on any atom is 0.191 e. The summed E-state index contributed by atoms with van der Waals surface area (Å²) in [5.74, 6) is 2.02. The third-order valence-corrected chi connectivity index (χ3v) is 5.24. The van der Waals surface area contributed by atoms with Crippen molar-refractivity contribution >= 4 is 29.9 Å². The molecule has 5 nitrogen and oxygen atoms in total. The van der Waals surface area contributed by atoms with Crippen LogP contribution < -0.4 is 15.4 Å². The number of rotatable bonds is 7. The van der Waals surface area contributed by atoms with Gasteiger partial charge in [0.15, 0.2) is 5.96 Å². The third-order valence-electron chi connectivity index (χ3n) is 5.24. The monoisotopic (exact) mass is 486 g/mol. The number of guanidine groups is 1. The normalized spacial score (nSPS) is 17.8. The number of fused-ring (bicyclic) bond motifs is 1. The zero-order chi connectivity index (χ0) is 18.2. The Hall–Kier alpha value is -1.02. The molecule has 1 saturated heterocycles. The van der Waals surface area contributed by atoms with E-state index in [2.05, 4.69) is 47.6 Å². The molecule has 0 spiro atoms. The Morgan fingerprint density at radius 1 is 1.26 bits per heavy atom. The molecule has 2 aliphatic heterocycles. The molecular formula is C21H35IN4O. The van der Waals surface area contributed by atoms with Crippen LogP contribution in [0.25, 0.3) is 0 Å². The number of benzene rings is 1. The summed E-state index contributed by atoms with van der Waals surface area (Å²) in [5.41, 5.74) is 2.69. The van der Waals surface area contributed by atoms with E-state index in [1.165, 1.54) is 50.0 Å². The first-order chi connectivity index (χ1) is 12.8. The molecule has 0 amide bonds. The number of likely N-dealkylation sites (tertiary alicyclic amines) is 1. The topological polar surface area (TPSA) is 48.9 Å². The maximum absolute atomic E-state index is 5.58. The summed E-state index contributed by atoms with van der Waals surface area (Å²) in [5, 5.41) is 7.04. The molecule has 0 unspecified atom stereocenters. The number of piperidine rings is 1. The highest BCUT2D eigenvalue weighted by molar-refractivity contribution is 14.0. The second kappa shape index (κ2) is 11.7. The number of hydrogen-bond acceptors (Lipinski definition) is 3. The van der Waals surface area contributed by atoms with Crippen molar-refractivity contribution < 1.29 is 4.74 Å². The molecule has 3 rings (SSSR count). The summed E-state index contributed by atoms with van der Waals surface area (Å²) in [4.78, 5) is 7.37. The van der Waals surface area contributed by atoms with Crippen molar-refractivity contribution in [2.24, 2.45) is 4.99 Å². The van der Waals surface area contributed by atoms with Gasteiger partial charge in [-0.3, -0.25) is 4.99 Å². The van der Waals surface area contributed by atoms with E-state index in [0.717, 1.165) is 44.2 Å². The quantitative estimate of drug-likeness (QED) is 0.353. The molecule has 2 heterocycles. The smallest absolute Gasteiger partial charge is 0.191 e. The van der Waals surface area contributed by atoms with Crippen LogP contribution in [0.4, 0.5) is 0 Å². The van der Waals surface area contributed by atoms with Crippen molar-refractivity contribution in [3.05, 3.63) is 29.3 Å². The van der Waals surface area contributed by atoms with E-state index in [-0.39, 0.29) is 24.0 Å². The Balaban J connectivity index is 0.00000261. The molecule has 2 N–H and O–H groups in total. The van der Waals surface area contributed by atoms with Crippen LogP contribution in [-0.4, -0.2) is 56.2 Å². The summed E-state index contributed by atoms with van der Waals surface area (Å²) in [6, 6.07) is 7.10. The fourth-order valence-electron chi connectivity index (χ4n) is 3.82. The van der Waals surface area contributed by atoms with Gasteiger partial charge in [-0.15, -0.1) is 24.0 Å². The molecule has 1 aromatic carbocycles. The minimum Gasteiger partial charge on any atom is -0.493 e. The standard InChI is InChI=1S/C21H34N4O.HI/c1-3-12-25-13-8-19(9-14-25)24-21(22-4-2)23-11-7-17-5-6-20-18(16-17)10-15-26-20;/h5-6,16,19H,3-4,7-15H2,1-2H3,(H2,22,23,24);1H. The van der Waals surface area contributed by atoms with E-state index in [1.807, 2.05) is 0 Å². The molecule has 6 heteroatoms. The third kappa shape index (κ3) is 6.82. The molecular weight excluding hydrogens is 451 g/mol. The molecule has 0 bridgehead atoms. The zero-order valence-electron chi connectivity index (χ0n) is 16.8. The first-order valence-corrected chi connectivity index (χ1v) is 10.3. The molecule has 0 aromatic heterocycles. The average molecular weight is 486 g/mol. The van der Waals surface area contributed by atoms with Crippen molar-refractivity contribution in [2.45, 2.75) is 52.0 Å². The van der Waals surface area contributed by atoms with Crippen LogP contribution in [0.5, 0.6) is 5.75 Å². The van der Waals surface area contributed by atoms with Gasteiger partial charge in [0.25, 0.3) is 0 Å². The predicted octanol–water partition coefficient (Wildman–Crippen LogP) is 3.21. The van der Waals surface area contributed by atoms with Crippen LogP contribution in [0.2, 0.25) is 0 Å². The van der Waals surface area contributed by atoms with Crippen molar-refractivity contribution in [3.63, 3.8) is 0 Å². The Morgan fingerprint density at radius 2 is 2.07 bits per heavy atom. The number of ether oxygens (including phenoxy) is 1. The van der Waals surface area contributed by atoms with E-state index < -0.39 is 0 Å². The van der Waals surface area contributed by atoms with E-state index >= 15 is 0 Å². The van der Waals surface area contributed by atoms with Gasteiger partial charge in [0, 0.05) is 38.6 Å². The first kappa shape index (κ1) is 22.3. The van der Waals surface area contributed by atoms with Gasteiger partial charge >= 0.3 is 0 Å². The molecule has 1 fully saturated rings. The van der Waals surface area contributed by atoms with Gasteiger partial charge in [-0.25, -0.2) is 0 Å². The summed E-state index contributed by atoms with van der Waals surface area (Å²) in [7, 11) is 0. The molecule has 0 aliphatic carbocycles. The van der Waals surface area contributed by atoms with E-state index in [4.69, 9.17) is 9.73 Å². The van der Waals surface area contributed by atoms with Gasteiger partial charge in [-0.1, -0.05) is 19.1 Å². The lowest BCUT2D eigenvalue weighted by Gasteiger charge is -2.32. The maximum atomic E-state index is 5.58. The molecule has 1 aromatic rings. The van der Waals surface area contributed by atoms with Gasteiger partial charge in [0.05, 0.1) is 6.61 Å². The average Bonchev–Trinajstić information content (AvgIpc) is 3.11. The summed E-state index contributed by atoms with van der Waals surface area (Å²) >= 11 is 0. The van der Waals surface area contributed by atoms with E-state index in [1.54, 1.807) is 0 Å². The molecule has 0 radical (unpaired) electrons. The minimum absolute atomic E-state index is 0. The van der Waals surface area contributed by atoms with Crippen LogP contribution in [0.1, 0.15) is 44.2 Å². The molecule has 152 valence electrons. The van der Waals surface area contributed by atoms with Crippen molar-refractivity contribution in [3.8, 4) is 5.75 Å². The van der Waals surface area contributed by atoms with Crippen LogP contribution in [-0.2, 0) is 12.8 Å². The molecule has 27 heavy (non-hydrogen) atoms. The van der Waals surface area contributed by atoms with Gasteiger partial charge in [-0.2, -0.15) is 0 Å². The lowest BCUT2D eigenvalue weighted by molar-refractivity contribution is 0.206. The van der Waals surface area contributed by atoms with Crippen molar-refractivity contribution in [1.29, 1.82) is 0 Å². The SMILES string of the molecule is CCCN1CCC(NC(=NCCc2ccc3c(c2)CCO3)NCC)CC1.I. The largest absolute Gasteiger partial charge is 0.493 e. The lowest BCUT2D eigenvalue weighted by atomic mass is 10.1. The predicted molar refractivity (Wildman–Crippen MR) is 124 cm³/mol. The Bertz CT molecular complexity index is 600. The number of halogens is 1. The second-order valence-corrected chi connectivity index (χ2v) is 7.31. The van der Waals surface area contributed by atoms with Crippen molar-refractivity contribution in [1.82, 2.24) is 15.5 Å². The zero-order valence-corrected chi connectivity index (χ0v) is 19.1. The van der Waals surface area contributed by atoms with Crippen molar-refractivity contribution in [2.75, 3.05) is 39.3 Å². The number of nitrogens with one attached hydrogen (secondary N) is 2. The van der Waals surface area contributed by atoms with E-state index in [9.17, 15) is 0 Å².